The Hall–Kier alpha value is -1.21. The molecule has 0 saturated carbocycles. The number of nitrogens with one attached hydrogen (secondary N) is 1. The molecule has 0 aromatic carbocycles. The Labute approximate surface area is 283 Å². The Balaban J connectivity index is 1.46. The third kappa shape index (κ3) is 9.06. The molecule has 0 radical (unpaired) electrons. The van der Waals surface area contributed by atoms with E-state index in [4.69, 9.17) is 37.9 Å². The first-order valence-corrected chi connectivity index (χ1v) is 16.3. The van der Waals surface area contributed by atoms with Crippen molar-refractivity contribution in [3.05, 3.63) is 0 Å². The second-order valence-corrected chi connectivity index (χ2v) is 13.9. The summed E-state index contributed by atoms with van der Waals surface area (Å²) < 4.78 is 45.2. The van der Waals surface area contributed by atoms with Crippen LogP contribution in [0.3, 0.4) is 0 Å². The van der Waals surface area contributed by atoms with Crippen LogP contribution in [0.15, 0.2) is 0 Å². The Morgan fingerprint density at radius 1 is 0.592 bits per heavy atom. The van der Waals surface area contributed by atoms with Gasteiger partial charge in [-0.3, -0.25) is 4.79 Å². The van der Waals surface area contributed by atoms with E-state index >= 15 is 0 Å². The molecular formula is C30H53NO18. The van der Waals surface area contributed by atoms with Crippen LogP contribution in [0.5, 0.6) is 0 Å². The summed E-state index contributed by atoms with van der Waals surface area (Å²) in [4.78, 5) is 12.5. The van der Waals surface area contributed by atoms with Crippen molar-refractivity contribution in [1.82, 2.24) is 5.32 Å². The minimum atomic E-state index is -1.81. The lowest BCUT2D eigenvalue weighted by Crippen LogP contribution is -2.67. The fourth-order valence-corrected chi connectivity index (χ4v) is 6.38. The number of ether oxygens (including phenoxy) is 8. The van der Waals surface area contributed by atoms with E-state index in [0.29, 0.717) is 0 Å². The van der Waals surface area contributed by atoms with Crippen molar-refractivity contribution in [3.63, 3.8) is 0 Å². The van der Waals surface area contributed by atoms with Crippen LogP contribution in [-0.2, 0) is 42.7 Å². The van der Waals surface area contributed by atoms with Crippen molar-refractivity contribution in [3.8, 4) is 0 Å². The maximum absolute atomic E-state index is 12.5. The zero-order valence-electron chi connectivity index (χ0n) is 28.5. The molecule has 0 aliphatic carbocycles. The van der Waals surface area contributed by atoms with E-state index in [1.54, 1.807) is 6.92 Å². The van der Waals surface area contributed by atoms with Gasteiger partial charge in [0.1, 0.15) is 67.1 Å². The lowest BCUT2D eigenvalue weighted by atomic mass is 9.94. The minimum Gasteiger partial charge on any atom is -0.390 e. The molecule has 0 bridgehead atoms. The topological polar surface area (TPSA) is 285 Å². The summed E-state index contributed by atoms with van der Waals surface area (Å²) in [6.07, 6.45) is -27.4. The van der Waals surface area contributed by atoms with Gasteiger partial charge < -0.3 is 89.2 Å². The second kappa shape index (κ2) is 16.2. The van der Waals surface area contributed by atoms with Crippen LogP contribution in [0, 0.1) is 0 Å². The van der Waals surface area contributed by atoms with Gasteiger partial charge in [0.25, 0.3) is 0 Å². The standard InChI is InChI=1S/C30H53NO18/c1-9-14(31-13(32)8-30(5,6)41)18(36)25(42-7)29(44-9)48-23-17(35)12(4)45-27(21(23)39)47-22-16(34)11(3)46-28(20(22)38)49-24-19(37)15(33)10(2)43-26(24)40/h9-12,14-29,33-41H,8H2,1-7H3,(H,31,32)/t9-,10-,11+,12+,14-,15-,16+,17+,18+,19+,20-,21-,22-,23-,24+,25-,26-,27-,28-,29+/m1/s1. The molecule has 4 aliphatic rings. The van der Waals surface area contributed by atoms with Crippen molar-refractivity contribution in [2.45, 2.75) is 176 Å². The van der Waals surface area contributed by atoms with E-state index in [-0.39, 0.29) is 6.42 Å². The Morgan fingerprint density at radius 3 is 1.53 bits per heavy atom. The van der Waals surface area contributed by atoms with Crippen LogP contribution in [0.2, 0.25) is 0 Å². The number of aliphatic hydroxyl groups excluding tert-OH is 8. The number of aliphatic hydroxyl groups is 9. The molecule has 4 aliphatic heterocycles. The smallest absolute Gasteiger partial charge is 0.223 e. The second-order valence-electron chi connectivity index (χ2n) is 13.9. The molecule has 4 saturated heterocycles. The largest absolute Gasteiger partial charge is 0.390 e. The van der Waals surface area contributed by atoms with E-state index in [0.717, 1.165) is 0 Å². The normalized spacial score (nSPS) is 49.8. The summed E-state index contributed by atoms with van der Waals surface area (Å²) in [5, 5.41) is 99.0. The van der Waals surface area contributed by atoms with Crippen molar-refractivity contribution >= 4 is 5.91 Å². The Kier molecular flexibility index (Phi) is 13.4. The number of carbonyl (C=O) groups excluding carboxylic acids is 1. The van der Waals surface area contributed by atoms with Crippen molar-refractivity contribution in [2.75, 3.05) is 7.11 Å². The minimum absolute atomic E-state index is 0.246. The summed E-state index contributed by atoms with van der Waals surface area (Å²) in [6.45, 7) is 8.79. The number of carbonyl (C=O) groups is 1. The van der Waals surface area contributed by atoms with Gasteiger partial charge in [-0.15, -0.1) is 0 Å². The molecule has 0 aromatic heterocycles. The van der Waals surface area contributed by atoms with Crippen molar-refractivity contribution in [2.24, 2.45) is 0 Å². The Morgan fingerprint density at radius 2 is 1.04 bits per heavy atom. The van der Waals surface area contributed by atoms with Gasteiger partial charge in [0.15, 0.2) is 25.2 Å². The molecule has 286 valence electrons. The highest BCUT2D eigenvalue weighted by atomic mass is 16.8. The van der Waals surface area contributed by atoms with Crippen molar-refractivity contribution in [1.29, 1.82) is 0 Å². The van der Waals surface area contributed by atoms with E-state index in [1.165, 1.54) is 41.7 Å². The fourth-order valence-electron chi connectivity index (χ4n) is 6.38. The maximum Gasteiger partial charge on any atom is 0.223 e. The molecule has 10 N–H and O–H groups in total. The van der Waals surface area contributed by atoms with Gasteiger partial charge in [0.2, 0.25) is 5.91 Å². The molecule has 4 fully saturated rings. The molecule has 4 rings (SSSR count). The number of amides is 1. The third-order valence-corrected chi connectivity index (χ3v) is 9.26. The summed E-state index contributed by atoms with van der Waals surface area (Å²) in [5.41, 5.74) is -1.30. The fraction of sp³-hybridized carbons (Fsp3) is 0.967. The van der Waals surface area contributed by atoms with Crippen LogP contribution in [0.25, 0.3) is 0 Å². The number of methoxy groups -OCH3 is 1. The maximum atomic E-state index is 12.5. The first-order chi connectivity index (χ1) is 22.7. The lowest BCUT2D eigenvalue weighted by molar-refractivity contribution is -0.385. The van der Waals surface area contributed by atoms with Gasteiger partial charge in [0, 0.05) is 7.11 Å². The average molecular weight is 716 g/mol. The van der Waals surface area contributed by atoms with Crippen LogP contribution < -0.4 is 5.32 Å². The van der Waals surface area contributed by atoms with E-state index < -0.39 is 134 Å². The molecular weight excluding hydrogens is 662 g/mol. The van der Waals surface area contributed by atoms with E-state index in [2.05, 4.69) is 5.32 Å². The van der Waals surface area contributed by atoms with Gasteiger partial charge in [-0.2, -0.15) is 0 Å². The molecule has 19 heteroatoms. The van der Waals surface area contributed by atoms with Crippen LogP contribution in [0.4, 0.5) is 0 Å². The van der Waals surface area contributed by atoms with Gasteiger partial charge >= 0.3 is 0 Å². The third-order valence-electron chi connectivity index (χ3n) is 9.26. The number of hydrogen-bond acceptors (Lipinski definition) is 18. The summed E-state index contributed by atoms with van der Waals surface area (Å²) in [7, 11) is 1.26. The highest BCUT2D eigenvalue weighted by Crippen LogP contribution is 2.34. The quantitative estimate of drug-likeness (QED) is 0.102. The SMILES string of the molecule is CO[C@H]1[C@H](O[C@@H]2[C@@H](O)[C@H](C)O[C@H](O[C@@H]3[C@@H](O)[C@H](C)O[C@H](O[C@H]4[C@@H](O)[C@H](O)[C@@H](C)O[C@H]4O)[C@@H]3O)[C@@H]2O)O[C@H](C)[C@@H](NC(=O)CC(C)(C)O)[C@@H]1O. The lowest BCUT2D eigenvalue weighted by Gasteiger charge is -2.49. The summed E-state index contributed by atoms with van der Waals surface area (Å²) in [5.74, 6) is -0.545. The zero-order chi connectivity index (χ0) is 36.7. The molecule has 19 nitrogen and oxygen atoms in total. The van der Waals surface area contributed by atoms with Gasteiger partial charge in [0.05, 0.1) is 42.5 Å². The average Bonchev–Trinajstić information content (AvgIpc) is 3.00. The predicted octanol–water partition coefficient (Wildman–Crippen LogP) is -4.70. The molecule has 0 unspecified atom stereocenters. The molecule has 4 heterocycles. The molecule has 20 atom stereocenters. The first-order valence-electron chi connectivity index (χ1n) is 16.3. The van der Waals surface area contributed by atoms with Gasteiger partial charge in [-0.1, -0.05) is 0 Å². The Bertz CT molecular complexity index is 1080. The molecule has 0 spiro atoms. The first kappa shape index (κ1) is 40.6. The molecule has 0 aromatic rings. The highest BCUT2D eigenvalue weighted by molar-refractivity contribution is 5.77. The summed E-state index contributed by atoms with van der Waals surface area (Å²) in [6, 6.07) is -0.970. The van der Waals surface area contributed by atoms with Gasteiger partial charge in [-0.05, 0) is 41.5 Å². The zero-order valence-corrected chi connectivity index (χ0v) is 28.5. The van der Waals surface area contributed by atoms with Crippen LogP contribution in [0.1, 0.15) is 48.0 Å². The van der Waals surface area contributed by atoms with Crippen molar-refractivity contribution < 1.29 is 88.6 Å². The van der Waals surface area contributed by atoms with E-state index in [1.807, 2.05) is 0 Å². The monoisotopic (exact) mass is 715 g/mol. The van der Waals surface area contributed by atoms with E-state index in [9.17, 15) is 50.8 Å². The van der Waals surface area contributed by atoms with Crippen LogP contribution in [-0.4, -0.2) is 187 Å². The predicted molar refractivity (Wildman–Crippen MR) is 160 cm³/mol. The molecule has 49 heavy (non-hydrogen) atoms. The van der Waals surface area contributed by atoms with Gasteiger partial charge in [-0.25, -0.2) is 0 Å². The summed E-state index contributed by atoms with van der Waals surface area (Å²) >= 11 is 0. The number of hydrogen-bond donors (Lipinski definition) is 10. The van der Waals surface area contributed by atoms with Crippen LogP contribution >= 0.6 is 0 Å². The molecule has 1 amide bonds. The highest BCUT2D eigenvalue weighted by Gasteiger charge is 2.54. The number of rotatable bonds is 10.